The fourth-order valence-electron chi connectivity index (χ4n) is 6.81. The Balaban J connectivity index is 1.85. The van der Waals surface area contributed by atoms with Gasteiger partial charge >= 0.3 is 0 Å². The fourth-order valence-corrected chi connectivity index (χ4v) is 6.81. The number of hydrogen-bond donors (Lipinski definition) is 1. The molecule has 2 aliphatic rings. The highest BCUT2D eigenvalue weighted by atomic mass is 16.3. The van der Waals surface area contributed by atoms with Gasteiger partial charge in [0.2, 0.25) is 0 Å². The molecule has 1 unspecified atom stereocenters. The summed E-state index contributed by atoms with van der Waals surface area (Å²) in [5, 5.41) is 10.9. The van der Waals surface area contributed by atoms with E-state index in [4.69, 9.17) is 0 Å². The van der Waals surface area contributed by atoms with E-state index in [0.717, 1.165) is 48.3 Å². The van der Waals surface area contributed by atoms with Gasteiger partial charge in [-0.05, 0) is 61.2 Å². The lowest BCUT2D eigenvalue weighted by molar-refractivity contribution is 0.0255. The van der Waals surface area contributed by atoms with Crippen molar-refractivity contribution in [2.45, 2.75) is 137 Å². The molecule has 0 aromatic carbocycles. The van der Waals surface area contributed by atoms with Crippen LogP contribution in [-0.2, 0) is 0 Å². The number of hydrogen-bond acceptors (Lipinski definition) is 1. The molecule has 166 valence electrons. The lowest BCUT2D eigenvalue weighted by atomic mass is 9.61. The largest absolute Gasteiger partial charge is 0.393 e. The summed E-state index contributed by atoms with van der Waals surface area (Å²) < 4.78 is 0. The van der Waals surface area contributed by atoms with Crippen molar-refractivity contribution in [3.8, 4) is 0 Å². The van der Waals surface area contributed by atoms with E-state index in [0.29, 0.717) is 0 Å². The van der Waals surface area contributed by atoms with Crippen molar-refractivity contribution in [3.63, 3.8) is 0 Å². The summed E-state index contributed by atoms with van der Waals surface area (Å²) in [7, 11) is 0. The third-order valence-electron chi connectivity index (χ3n) is 8.35. The van der Waals surface area contributed by atoms with Gasteiger partial charge in [-0.2, -0.15) is 0 Å². The van der Waals surface area contributed by atoms with Gasteiger partial charge in [-0.3, -0.25) is 0 Å². The Hall–Kier alpha value is -0.0400. The minimum absolute atomic E-state index is 0.0511. The van der Waals surface area contributed by atoms with E-state index >= 15 is 0 Å². The molecule has 0 aliphatic heterocycles. The Morgan fingerprint density at radius 2 is 1.64 bits per heavy atom. The maximum absolute atomic E-state index is 10.9. The minimum Gasteiger partial charge on any atom is -0.393 e. The summed E-state index contributed by atoms with van der Waals surface area (Å²) >= 11 is 0. The van der Waals surface area contributed by atoms with Crippen molar-refractivity contribution in [2.75, 3.05) is 0 Å². The SMILES string of the molecule is CCCC[C@@H](C)C1C[C@@H](C)C[C@@H](C[C@@H](O)CCCC2CCCCC2)[C@H]1CCC. The molecule has 2 fully saturated rings. The van der Waals surface area contributed by atoms with Crippen molar-refractivity contribution in [2.24, 2.45) is 35.5 Å². The van der Waals surface area contributed by atoms with Gasteiger partial charge in [0.1, 0.15) is 0 Å². The quantitative estimate of drug-likeness (QED) is 0.353. The molecule has 2 saturated carbocycles. The van der Waals surface area contributed by atoms with Gasteiger partial charge in [0, 0.05) is 0 Å². The van der Waals surface area contributed by atoms with E-state index in [1.54, 1.807) is 0 Å². The predicted molar refractivity (Wildman–Crippen MR) is 124 cm³/mol. The van der Waals surface area contributed by atoms with Gasteiger partial charge in [0.05, 0.1) is 6.10 Å². The van der Waals surface area contributed by atoms with Crippen molar-refractivity contribution in [1.82, 2.24) is 0 Å². The summed E-state index contributed by atoms with van der Waals surface area (Å²) in [5.41, 5.74) is 0. The lowest BCUT2D eigenvalue weighted by Gasteiger charge is -2.45. The predicted octanol–water partition coefficient (Wildman–Crippen LogP) is 8.39. The molecule has 0 aromatic heterocycles. The third-order valence-corrected chi connectivity index (χ3v) is 8.35. The van der Waals surface area contributed by atoms with Gasteiger partial charge in [-0.1, -0.05) is 105 Å². The average molecular weight is 393 g/mol. The molecule has 1 nitrogen and oxygen atoms in total. The fraction of sp³-hybridized carbons (Fsp3) is 1.00. The van der Waals surface area contributed by atoms with Gasteiger partial charge < -0.3 is 5.11 Å². The van der Waals surface area contributed by atoms with Crippen LogP contribution >= 0.6 is 0 Å². The molecule has 0 radical (unpaired) electrons. The number of aliphatic hydroxyl groups excluding tert-OH is 1. The van der Waals surface area contributed by atoms with Crippen LogP contribution in [0.2, 0.25) is 0 Å². The lowest BCUT2D eigenvalue weighted by Crippen LogP contribution is -2.37. The van der Waals surface area contributed by atoms with Crippen LogP contribution in [0.4, 0.5) is 0 Å². The summed E-state index contributed by atoms with van der Waals surface area (Å²) in [6.45, 7) is 9.69. The monoisotopic (exact) mass is 392 g/mol. The van der Waals surface area contributed by atoms with E-state index < -0.39 is 0 Å². The molecule has 1 N–H and O–H groups in total. The van der Waals surface area contributed by atoms with Crippen LogP contribution < -0.4 is 0 Å². The first kappa shape index (κ1) is 24.2. The first-order valence-electron chi connectivity index (χ1n) is 13.2. The highest BCUT2D eigenvalue weighted by molar-refractivity contribution is 4.88. The second-order valence-electron chi connectivity index (χ2n) is 10.9. The zero-order valence-corrected chi connectivity index (χ0v) is 19.8. The maximum Gasteiger partial charge on any atom is 0.0543 e. The molecule has 0 spiro atoms. The van der Waals surface area contributed by atoms with Crippen molar-refractivity contribution < 1.29 is 5.11 Å². The van der Waals surface area contributed by atoms with Gasteiger partial charge in [-0.25, -0.2) is 0 Å². The first-order valence-corrected chi connectivity index (χ1v) is 13.2. The van der Waals surface area contributed by atoms with Crippen LogP contribution in [0.25, 0.3) is 0 Å². The normalized spacial score (nSPS) is 31.6. The van der Waals surface area contributed by atoms with Gasteiger partial charge in [-0.15, -0.1) is 0 Å². The average Bonchev–Trinajstić information content (AvgIpc) is 2.68. The molecule has 6 atom stereocenters. The van der Waals surface area contributed by atoms with Crippen LogP contribution in [0.1, 0.15) is 130 Å². The highest BCUT2D eigenvalue weighted by Gasteiger charge is 2.38. The van der Waals surface area contributed by atoms with E-state index in [1.165, 1.54) is 89.9 Å². The summed E-state index contributed by atoms with van der Waals surface area (Å²) in [5.74, 6) is 5.21. The standard InChI is InChI=1S/C27H52O/c1-5-7-13-22(4)27-19-21(3)18-24(26(27)12-6-2)20-25(28)17-11-16-23-14-9-8-10-15-23/h21-28H,5-20H2,1-4H3/t21-,22+,24-,25-,26+,27?/m0/s1. The Morgan fingerprint density at radius 1 is 0.893 bits per heavy atom. The first-order chi connectivity index (χ1) is 13.5. The number of aliphatic hydroxyl groups is 1. The van der Waals surface area contributed by atoms with Crippen LogP contribution in [0.15, 0.2) is 0 Å². The molecule has 28 heavy (non-hydrogen) atoms. The molecular weight excluding hydrogens is 340 g/mol. The Bertz CT molecular complexity index is 386. The topological polar surface area (TPSA) is 20.2 Å². The minimum atomic E-state index is -0.0511. The van der Waals surface area contributed by atoms with Crippen molar-refractivity contribution in [3.05, 3.63) is 0 Å². The van der Waals surface area contributed by atoms with E-state index in [2.05, 4.69) is 27.7 Å². The second-order valence-corrected chi connectivity index (χ2v) is 10.9. The van der Waals surface area contributed by atoms with Gasteiger partial charge in [0.15, 0.2) is 0 Å². The molecule has 1 heteroatoms. The van der Waals surface area contributed by atoms with Crippen LogP contribution in [0.3, 0.4) is 0 Å². The van der Waals surface area contributed by atoms with Crippen molar-refractivity contribution in [1.29, 1.82) is 0 Å². The molecule has 0 amide bonds. The zero-order valence-electron chi connectivity index (χ0n) is 19.8. The molecule has 0 aromatic rings. The summed E-state index contributed by atoms with van der Waals surface area (Å²) in [6, 6.07) is 0. The summed E-state index contributed by atoms with van der Waals surface area (Å²) in [6.07, 6.45) is 21.6. The van der Waals surface area contributed by atoms with Crippen LogP contribution in [-0.4, -0.2) is 11.2 Å². The van der Waals surface area contributed by atoms with E-state index in [9.17, 15) is 5.11 Å². The smallest absolute Gasteiger partial charge is 0.0543 e. The van der Waals surface area contributed by atoms with E-state index in [1.807, 2.05) is 0 Å². The third kappa shape index (κ3) is 8.00. The van der Waals surface area contributed by atoms with Crippen LogP contribution in [0.5, 0.6) is 0 Å². The summed E-state index contributed by atoms with van der Waals surface area (Å²) in [4.78, 5) is 0. The molecule has 0 bridgehead atoms. The zero-order chi connectivity index (χ0) is 20.4. The highest BCUT2D eigenvalue weighted by Crippen LogP contribution is 2.47. The number of rotatable bonds is 12. The van der Waals surface area contributed by atoms with Crippen LogP contribution in [0, 0.1) is 35.5 Å². The molecule has 0 heterocycles. The van der Waals surface area contributed by atoms with E-state index in [-0.39, 0.29) is 6.10 Å². The number of unbranched alkanes of at least 4 members (excludes halogenated alkanes) is 1. The van der Waals surface area contributed by atoms with Gasteiger partial charge in [0.25, 0.3) is 0 Å². The maximum atomic E-state index is 10.9. The Morgan fingerprint density at radius 3 is 2.32 bits per heavy atom. The Labute approximate surface area is 177 Å². The molecule has 2 aliphatic carbocycles. The molecule has 0 saturated heterocycles. The Kier molecular flexibility index (Phi) is 11.5. The molecular formula is C27H52O. The van der Waals surface area contributed by atoms with Crippen molar-refractivity contribution >= 4 is 0 Å². The second kappa shape index (κ2) is 13.3. The molecule has 2 rings (SSSR count).